The minimum atomic E-state index is -0.383. The first kappa shape index (κ1) is 99.2. The van der Waals surface area contributed by atoms with E-state index in [1.54, 1.807) is 63.0 Å². The van der Waals surface area contributed by atoms with E-state index >= 15 is 0 Å². The summed E-state index contributed by atoms with van der Waals surface area (Å²) in [5.74, 6) is 3.76. The highest BCUT2D eigenvalue weighted by Crippen LogP contribution is 2.35. The summed E-state index contributed by atoms with van der Waals surface area (Å²) in [6.45, 7) is 22.3. The molecule has 1 aliphatic rings. The van der Waals surface area contributed by atoms with E-state index in [9.17, 15) is 28.8 Å². The third-order valence-corrected chi connectivity index (χ3v) is 24.8. The standard InChI is InChI=1S/C19H20N4OS.C19H22N4OS.C19H20N4O.C16H16N4OS.C15H14N6O.C15H15N5OS/c1-13-11-17(23(22-13)15-8-3-2-4-9-15)20-19(24)21-18-12-14-7-5-6-10-16(14)25-18;1-13-12-16(23(22-13)14-8-6-5-7-9-14)20-18(24)21-17-11-10-15(25-17)19(2,3)4;1-15-14-18(23(22-15)17-10-6-3-7-11-17)21-19(24)20-13-12-16-8-4-2-5-9-16;1-11-8-15(22-10-11)18-16(21)17-14-9-12(2)19-20(14)13-6-4-3-5-7-13;1-11-7-14(21(20-11)13-5-3-2-4-6-13)19-15(22)18-12-8-16-10-17-9-12;1-10-8-13(20(19-10)12-6-4-3-5-7-12)17-14(21)18-15-16-9-11(2)22-15/h2-4,8-9,11-12H,5-7,10H2,1H3,(H2,20,21,24);5-12H,1-4H3,(H2,20,21,24);2-11,14H,12-13H2,1H3,(H2,20,21,24);3-10H,1-2H3,(H2,17,18,21);2-10H,1H3,(H2,18,19,22);3-9H,1-2H3,(H2,16,17,18,21). The van der Waals surface area contributed by atoms with Crippen molar-refractivity contribution in [3.63, 3.8) is 0 Å². The number of aromatic nitrogens is 15. The molecule has 12 amide bonds. The predicted octanol–water partition coefficient (Wildman–Crippen LogP) is 23.9. The Morgan fingerprint density at radius 3 is 1.02 bits per heavy atom. The molecule has 0 atom stereocenters. The number of aryl methyl sites for hydroxylation is 10. The molecule has 19 rings (SSSR count). The first-order chi connectivity index (χ1) is 67.7. The van der Waals surface area contributed by atoms with E-state index < -0.39 is 0 Å². The molecule has 0 bridgehead atoms. The van der Waals surface area contributed by atoms with E-state index in [0.29, 0.717) is 52.3 Å². The molecule has 140 heavy (non-hydrogen) atoms. The molecule has 11 aromatic heterocycles. The molecule has 0 saturated carbocycles. The number of urea groups is 6. The number of fused-ring (bicyclic) bond motifs is 1. The molecule has 0 aliphatic heterocycles. The van der Waals surface area contributed by atoms with E-state index in [1.165, 1.54) is 75.1 Å². The van der Waals surface area contributed by atoms with Gasteiger partial charge in [-0.25, -0.2) is 71.8 Å². The van der Waals surface area contributed by atoms with Crippen LogP contribution in [0.4, 0.5) is 89.5 Å². The number of anilines is 11. The van der Waals surface area contributed by atoms with Crippen LogP contribution >= 0.6 is 45.3 Å². The Morgan fingerprint density at radius 1 is 0.336 bits per heavy atom. The highest BCUT2D eigenvalue weighted by molar-refractivity contribution is 7.17. The van der Waals surface area contributed by atoms with E-state index in [4.69, 9.17) is 0 Å². The predicted molar refractivity (Wildman–Crippen MR) is 562 cm³/mol. The SMILES string of the molecule is Cc1cc(NC(=O)NCCc2ccccc2)n(-c2ccccc2)n1.Cc1cc(NC(=O)Nc2cc3c(s2)CCCC3)n(-c2ccccc2)n1.Cc1cc(NC(=O)Nc2ccc(C(C)(C)C)s2)n(-c2ccccc2)n1.Cc1cc(NC(=O)Nc2cncnc2)n(-c2ccccc2)n1.Cc1cc(NC(=O)Nc2ncc(C)s2)n(-c2ccccc2)n1.Cc1csc(NC(=O)Nc2cc(C)nn2-c2ccccc2)c1. The zero-order valence-electron chi connectivity index (χ0n) is 78.9. The Bertz CT molecular complexity index is 6950. The van der Waals surface area contributed by atoms with Gasteiger partial charge in [0.05, 0.1) is 101 Å². The fraction of sp³-hybridized carbons (Fsp3) is 0.175. The van der Waals surface area contributed by atoms with Gasteiger partial charge in [-0.1, -0.05) is 160 Å². The molecule has 7 aromatic carbocycles. The molecule has 33 nitrogen and oxygen atoms in total. The quantitative estimate of drug-likeness (QED) is 0.0337. The molecule has 18 aromatic rings. The number of amides is 12. The summed E-state index contributed by atoms with van der Waals surface area (Å²) in [5.41, 5.74) is 14.7. The zero-order valence-corrected chi connectivity index (χ0v) is 82.2. The number of carbonyl (C=O) groups is 6. The van der Waals surface area contributed by atoms with Crippen LogP contribution in [0.1, 0.15) is 99.1 Å². The maximum absolute atomic E-state index is 12.4. The van der Waals surface area contributed by atoms with Gasteiger partial charge in [-0.15, -0.1) is 45.3 Å². The van der Waals surface area contributed by atoms with Crippen molar-refractivity contribution in [2.24, 2.45) is 0 Å². The Kier molecular flexibility index (Phi) is 34.1. The minimum absolute atomic E-state index is 0.0735. The second-order valence-electron chi connectivity index (χ2n) is 33.1. The number of hydrogen-bond acceptors (Lipinski definition) is 19. The minimum Gasteiger partial charge on any atom is -0.337 e. The average molecular weight is 1950 g/mol. The number of thiophene rings is 3. The van der Waals surface area contributed by atoms with Gasteiger partial charge in [-0.05, 0) is 212 Å². The summed E-state index contributed by atoms with van der Waals surface area (Å²) in [6, 6.07) is 85.5. The van der Waals surface area contributed by atoms with Crippen molar-refractivity contribution < 1.29 is 28.8 Å². The van der Waals surface area contributed by atoms with Gasteiger partial charge in [-0.2, -0.15) is 30.6 Å². The van der Waals surface area contributed by atoms with E-state index in [2.05, 4.69) is 142 Å². The van der Waals surface area contributed by atoms with Crippen LogP contribution in [0.15, 0.2) is 303 Å². The van der Waals surface area contributed by atoms with Gasteiger partial charge in [0.2, 0.25) is 0 Å². The molecule has 0 radical (unpaired) electrons. The van der Waals surface area contributed by atoms with Gasteiger partial charge in [0.25, 0.3) is 0 Å². The van der Waals surface area contributed by atoms with Crippen LogP contribution in [0.25, 0.3) is 34.1 Å². The van der Waals surface area contributed by atoms with Crippen molar-refractivity contribution in [1.82, 2.24) is 79.0 Å². The van der Waals surface area contributed by atoms with Crippen molar-refractivity contribution in [3.8, 4) is 34.1 Å². The normalized spacial score (nSPS) is 11.1. The van der Waals surface area contributed by atoms with Crippen LogP contribution in [0.3, 0.4) is 0 Å². The van der Waals surface area contributed by atoms with Gasteiger partial charge in [-0.3, -0.25) is 53.2 Å². The Labute approximate surface area is 826 Å². The first-order valence-electron chi connectivity index (χ1n) is 44.9. The summed E-state index contributed by atoms with van der Waals surface area (Å²) in [5, 5.41) is 65.7. The zero-order chi connectivity index (χ0) is 98.4. The van der Waals surface area contributed by atoms with Gasteiger partial charge in [0.15, 0.2) is 5.13 Å². The summed E-state index contributed by atoms with van der Waals surface area (Å²) in [7, 11) is 0. The van der Waals surface area contributed by atoms with Gasteiger partial charge in [0, 0.05) is 63.8 Å². The fourth-order valence-corrected chi connectivity index (χ4v) is 17.7. The first-order valence-corrected chi connectivity index (χ1v) is 48.2. The summed E-state index contributed by atoms with van der Waals surface area (Å²) in [4.78, 5) is 88.7. The number of nitrogens with one attached hydrogen (secondary N) is 12. The molecule has 1 aliphatic carbocycles. The average Bonchev–Trinajstić information content (AvgIpc) is 1.68. The molecular weight excluding hydrogens is 1840 g/mol. The van der Waals surface area contributed by atoms with Crippen LogP contribution in [0, 0.1) is 55.4 Å². The van der Waals surface area contributed by atoms with Crippen molar-refractivity contribution in [1.29, 1.82) is 0 Å². The summed E-state index contributed by atoms with van der Waals surface area (Å²) >= 11 is 6.20. The molecule has 37 heteroatoms. The number of benzene rings is 7. The van der Waals surface area contributed by atoms with Crippen LogP contribution < -0.4 is 63.8 Å². The number of nitrogens with zero attached hydrogens (tertiary/aromatic N) is 15. The van der Waals surface area contributed by atoms with Crippen LogP contribution in [-0.4, -0.2) is 116 Å². The molecule has 714 valence electrons. The second-order valence-corrected chi connectivity index (χ2v) is 37.5. The molecule has 0 spiro atoms. The maximum atomic E-state index is 12.4. The highest BCUT2D eigenvalue weighted by Gasteiger charge is 2.22. The lowest BCUT2D eigenvalue weighted by atomic mass is 9.95. The number of para-hydroxylation sites is 6. The Hall–Kier alpha value is -16.8. The number of thiazole rings is 1. The third-order valence-electron chi connectivity index (χ3n) is 20.4. The van der Waals surface area contributed by atoms with Gasteiger partial charge >= 0.3 is 36.2 Å². The highest BCUT2D eigenvalue weighted by atomic mass is 32.1. The number of hydrogen-bond donors (Lipinski definition) is 12. The van der Waals surface area contributed by atoms with Crippen LogP contribution in [-0.2, 0) is 24.7 Å². The summed E-state index contributed by atoms with van der Waals surface area (Å²) in [6.07, 6.45) is 11.7. The van der Waals surface area contributed by atoms with E-state index in [1.807, 2.05) is 316 Å². The third kappa shape index (κ3) is 29.1. The van der Waals surface area contributed by atoms with Gasteiger partial charge < -0.3 is 10.6 Å². The molecule has 0 saturated heterocycles. The largest absolute Gasteiger partial charge is 0.337 e. The van der Waals surface area contributed by atoms with E-state index in [0.717, 1.165) is 113 Å². The maximum Gasteiger partial charge on any atom is 0.326 e. The molecule has 0 fully saturated rings. The van der Waals surface area contributed by atoms with Gasteiger partial charge in [0.1, 0.15) is 41.2 Å². The number of rotatable bonds is 20. The molecular formula is C103H107N27O6S4. The van der Waals surface area contributed by atoms with Crippen molar-refractivity contribution in [3.05, 3.63) is 369 Å². The smallest absolute Gasteiger partial charge is 0.326 e. The number of carbonyl (C=O) groups excluding carboxylic acids is 6. The lowest BCUT2D eigenvalue weighted by Gasteiger charge is -2.15. The molecule has 11 heterocycles. The fourth-order valence-electron chi connectivity index (χ4n) is 14.2. The Balaban J connectivity index is 0.000000134. The van der Waals surface area contributed by atoms with Crippen molar-refractivity contribution >= 4 is 142 Å². The van der Waals surface area contributed by atoms with Crippen LogP contribution in [0.5, 0.6) is 0 Å². The monoisotopic (exact) mass is 1950 g/mol. The summed E-state index contributed by atoms with van der Waals surface area (Å²) < 4.78 is 10.3. The van der Waals surface area contributed by atoms with Crippen LogP contribution in [0.2, 0.25) is 0 Å². The second kappa shape index (κ2) is 48.1. The lowest BCUT2D eigenvalue weighted by Crippen LogP contribution is -2.31. The molecule has 0 unspecified atom stereocenters. The Morgan fingerprint density at radius 2 is 0.679 bits per heavy atom. The topological polar surface area (TPSA) is 392 Å². The van der Waals surface area contributed by atoms with Crippen molar-refractivity contribution in [2.45, 2.75) is 114 Å². The lowest BCUT2D eigenvalue weighted by molar-refractivity contribution is 0.252. The molecule has 12 N–H and O–H groups in total. The van der Waals surface area contributed by atoms with E-state index in [-0.39, 0.29) is 41.6 Å². The van der Waals surface area contributed by atoms with Crippen molar-refractivity contribution in [2.75, 3.05) is 65.0 Å².